The number of rotatable bonds is 0. The van der Waals surface area contributed by atoms with E-state index in [1.54, 1.807) is 0 Å². The summed E-state index contributed by atoms with van der Waals surface area (Å²) in [6.45, 7) is 1.47. The molecule has 0 aromatic rings. The maximum absolute atomic E-state index is 12.3. The Balaban J connectivity index is 2.64. The third kappa shape index (κ3) is 1.91. The molecule has 0 saturated heterocycles. The molecule has 0 bridgehead atoms. The van der Waals surface area contributed by atoms with Gasteiger partial charge >= 0.3 is 6.18 Å². The van der Waals surface area contributed by atoms with Gasteiger partial charge in [0, 0.05) is 0 Å². The largest absolute Gasteiger partial charge is 0.393 e. The number of alkyl halides is 3. The van der Waals surface area contributed by atoms with E-state index in [2.05, 4.69) is 0 Å². The lowest BCUT2D eigenvalue weighted by Crippen LogP contribution is -2.38. The van der Waals surface area contributed by atoms with Crippen molar-refractivity contribution in [2.45, 2.75) is 38.5 Å². The van der Waals surface area contributed by atoms with Crippen LogP contribution in [0.5, 0.6) is 0 Å². The van der Waals surface area contributed by atoms with E-state index < -0.39 is 24.1 Å². The second-order valence-corrected chi connectivity index (χ2v) is 3.51. The fourth-order valence-electron chi connectivity index (χ4n) is 1.80. The van der Waals surface area contributed by atoms with E-state index in [0.29, 0.717) is 12.8 Å². The highest BCUT2D eigenvalue weighted by molar-refractivity contribution is 4.83. The molecule has 0 aliphatic heterocycles. The van der Waals surface area contributed by atoms with Gasteiger partial charge in [0.15, 0.2) is 0 Å². The summed E-state index contributed by atoms with van der Waals surface area (Å²) in [6.07, 6.45) is -3.75. The van der Waals surface area contributed by atoms with Gasteiger partial charge in [-0.3, -0.25) is 0 Å². The Morgan fingerprint density at radius 2 is 1.83 bits per heavy atom. The van der Waals surface area contributed by atoms with Crippen LogP contribution in [0.4, 0.5) is 13.2 Å². The summed E-state index contributed by atoms with van der Waals surface area (Å²) >= 11 is 0. The van der Waals surface area contributed by atoms with Crippen LogP contribution >= 0.6 is 0 Å². The molecule has 1 aliphatic carbocycles. The normalized spacial score (nSPS) is 38.2. The Bertz CT molecular complexity index is 155. The van der Waals surface area contributed by atoms with Gasteiger partial charge in [0.25, 0.3) is 0 Å². The molecule has 1 fully saturated rings. The van der Waals surface area contributed by atoms with E-state index in [9.17, 15) is 18.3 Å². The van der Waals surface area contributed by atoms with Gasteiger partial charge in [-0.15, -0.1) is 0 Å². The maximum Gasteiger partial charge on any atom is 0.392 e. The van der Waals surface area contributed by atoms with E-state index in [1.165, 1.54) is 6.92 Å². The van der Waals surface area contributed by atoms with Crippen molar-refractivity contribution in [3.8, 4) is 0 Å². The first kappa shape index (κ1) is 9.84. The molecule has 4 heteroatoms. The fourth-order valence-corrected chi connectivity index (χ4v) is 1.80. The lowest BCUT2D eigenvalue weighted by molar-refractivity contribution is -0.205. The third-order valence-electron chi connectivity index (χ3n) is 2.68. The summed E-state index contributed by atoms with van der Waals surface area (Å²) in [7, 11) is 0. The monoisotopic (exact) mass is 182 g/mol. The van der Waals surface area contributed by atoms with E-state index in [4.69, 9.17) is 0 Å². The minimum atomic E-state index is -4.14. The number of halogens is 3. The molecule has 72 valence electrons. The molecule has 0 amide bonds. The molecule has 1 nitrogen and oxygen atoms in total. The average Bonchev–Trinajstić information content (AvgIpc) is 1.92. The molecule has 1 rings (SSSR count). The van der Waals surface area contributed by atoms with Crippen molar-refractivity contribution in [3.05, 3.63) is 0 Å². The Kier molecular flexibility index (Phi) is 2.66. The lowest BCUT2D eigenvalue weighted by atomic mass is 9.78. The molecule has 3 atom stereocenters. The van der Waals surface area contributed by atoms with Crippen LogP contribution < -0.4 is 0 Å². The average molecular weight is 182 g/mol. The molecule has 1 saturated carbocycles. The molecule has 0 aromatic carbocycles. The summed E-state index contributed by atoms with van der Waals surface area (Å²) in [5.74, 6) is -1.94. The van der Waals surface area contributed by atoms with Crippen molar-refractivity contribution < 1.29 is 18.3 Å². The van der Waals surface area contributed by atoms with Gasteiger partial charge in [0.2, 0.25) is 0 Å². The minimum Gasteiger partial charge on any atom is -0.393 e. The first-order valence-electron chi connectivity index (χ1n) is 4.17. The molecule has 0 aromatic heterocycles. The fraction of sp³-hybridized carbons (Fsp3) is 1.00. The van der Waals surface area contributed by atoms with Crippen molar-refractivity contribution in [1.29, 1.82) is 0 Å². The second kappa shape index (κ2) is 3.24. The summed E-state index contributed by atoms with van der Waals surface area (Å²) in [6, 6.07) is 0. The first-order chi connectivity index (χ1) is 5.43. The highest BCUT2D eigenvalue weighted by Gasteiger charge is 2.46. The van der Waals surface area contributed by atoms with Crippen LogP contribution in [-0.4, -0.2) is 17.4 Å². The SMILES string of the molecule is CC1C(O)CCCC1C(F)(F)F. The van der Waals surface area contributed by atoms with Gasteiger partial charge in [0.05, 0.1) is 12.0 Å². The van der Waals surface area contributed by atoms with Crippen LogP contribution in [0.2, 0.25) is 0 Å². The van der Waals surface area contributed by atoms with Gasteiger partial charge in [-0.2, -0.15) is 13.2 Å². The van der Waals surface area contributed by atoms with Crippen molar-refractivity contribution in [3.63, 3.8) is 0 Å². The van der Waals surface area contributed by atoms with Crippen LogP contribution in [0, 0.1) is 11.8 Å². The van der Waals surface area contributed by atoms with Gasteiger partial charge in [-0.1, -0.05) is 13.3 Å². The quantitative estimate of drug-likeness (QED) is 0.609. The Hall–Kier alpha value is -0.250. The zero-order chi connectivity index (χ0) is 9.35. The topological polar surface area (TPSA) is 20.2 Å². The molecule has 1 N–H and O–H groups in total. The molecule has 0 spiro atoms. The molecular weight excluding hydrogens is 169 g/mol. The maximum atomic E-state index is 12.3. The number of aliphatic hydroxyl groups is 1. The molecule has 1 aliphatic rings. The number of hydrogen-bond donors (Lipinski definition) is 1. The van der Waals surface area contributed by atoms with Crippen molar-refractivity contribution in [2.24, 2.45) is 11.8 Å². The smallest absolute Gasteiger partial charge is 0.392 e. The number of aliphatic hydroxyl groups excluding tert-OH is 1. The summed E-state index contributed by atoms with van der Waals surface area (Å²) in [4.78, 5) is 0. The van der Waals surface area contributed by atoms with Gasteiger partial charge < -0.3 is 5.11 Å². The summed E-state index contributed by atoms with van der Waals surface area (Å²) in [5.41, 5.74) is 0. The zero-order valence-corrected chi connectivity index (χ0v) is 6.93. The van der Waals surface area contributed by atoms with Crippen LogP contribution in [0.1, 0.15) is 26.2 Å². The second-order valence-electron chi connectivity index (χ2n) is 3.51. The molecule has 3 unspecified atom stereocenters. The van der Waals surface area contributed by atoms with Gasteiger partial charge in [0.1, 0.15) is 0 Å². The van der Waals surface area contributed by atoms with Gasteiger partial charge in [-0.25, -0.2) is 0 Å². The predicted octanol–water partition coefficient (Wildman–Crippen LogP) is 2.35. The minimum absolute atomic E-state index is 0.168. The van der Waals surface area contributed by atoms with Gasteiger partial charge in [-0.05, 0) is 18.8 Å². The molecular formula is C8H13F3O. The van der Waals surface area contributed by atoms with Crippen molar-refractivity contribution in [2.75, 3.05) is 0 Å². The predicted molar refractivity (Wildman–Crippen MR) is 38.6 cm³/mol. The first-order valence-corrected chi connectivity index (χ1v) is 4.17. The van der Waals surface area contributed by atoms with E-state index >= 15 is 0 Å². The Morgan fingerprint density at radius 3 is 2.25 bits per heavy atom. The third-order valence-corrected chi connectivity index (χ3v) is 2.68. The molecule has 12 heavy (non-hydrogen) atoms. The number of hydrogen-bond acceptors (Lipinski definition) is 1. The Morgan fingerprint density at radius 1 is 1.25 bits per heavy atom. The zero-order valence-electron chi connectivity index (χ0n) is 6.93. The van der Waals surface area contributed by atoms with Crippen LogP contribution in [0.15, 0.2) is 0 Å². The summed E-state index contributed by atoms with van der Waals surface area (Å²) < 4.78 is 36.8. The highest BCUT2D eigenvalue weighted by atomic mass is 19.4. The van der Waals surface area contributed by atoms with Crippen LogP contribution in [-0.2, 0) is 0 Å². The van der Waals surface area contributed by atoms with Crippen LogP contribution in [0.3, 0.4) is 0 Å². The van der Waals surface area contributed by atoms with E-state index in [1.807, 2.05) is 0 Å². The Labute approximate surface area is 69.6 Å². The molecule has 0 radical (unpaired) electrons. The van der Waals surface area contributed by atoms with E-state index in [-0.39, 0.29) is 6.42 Å². The van der Waals surface area contributed by atoms with Crippen LogP contribution in [0.25, 0.3) is 0 Å². The van der Waals surface area contributed by atoms with Crippen molar-refractivity contribution >= 4 is 0 Å². The highest BCUT2D eigenvalue weighted by Crippen LogP contribution is 2.41. The van der Waals surface area contributed by atoms with E-state index in [0.717, 1.165) is 0 Å². The van der Waals surface area contributed by atoms with Crippen molar-refractivity contribution in [1.82, 2.24) is 0 Å². The molecule has 0 heterocycles. The lowest BCUT2D eigenvalue weighted by Gasteiger charge is -2.34. The standard InChI is InChI=1S/C8H13F3O/c1-5-6(8(9,10)11)3-2-4-7(5)12/h5-7,12H,2-4H2,1H3. The summed E-state index contributed by atoms with van der Waals surface area (Å²) in [5, 5.41) is 9.21.